The number of likely N-dealkylation sites (tertiary alicyclic amines) is 1. The standard InChI is InChI=1S/C18H24F2N2O3S/c1-10(2)18(21,17(24)25)14(23)8-12-6-7-15(26)22(12)9-11-4-3-5-13(19)16(11)20/h3-5,10,12,15,26H,6-9,21H2,1-2H3,(H,24,25)/t12-,15-,18?/m0/s1. The Morgan fingerprint density at radius 2 is 2.04 bits per heavy atom. The Hall–Kier alpha value is -1.51. The second-order valence-corrected chi connectivity index (χ2v) is 7.65. The van der Waals surface area contributed by atoms with Crippen LogP contribution in [0.15, 0.2) is 18.2 Å². The lowest BCUT2D eigenvalue weighted by molar-refractivity contribution is -0.150. The SMILES string of the molecule is CC(C)C(N)(C(=O)O)C(=O)C[C@@H]1CC[C@H](S)N1Cc1cccc(F)c1F. The molecule has 0 saturated carbocycles. The largest absolute Gasteiger partial charge is 0.480 e. The minimum absolute atomic E-state index is 0.0744. The Balaban J connectivity index is 2.19. The van der Waals surface area contributed by atoms with Crippen molar-refractivity contribution in [1.82, 2.24) is 4.90 Å². The van der Waals surface area contributed by atoms with Gasteiger partial charge in [-0.3, -0.25) is 9.69 Å². The quantitative estimate of drug-likeness (QED) is 0.496. The molecule has 1 heterocycles. The molecule has 0 aliphatic carbocycles. The highest BCUT2D eigenvalue weighted by molar-refractivity contribution is 7.80. The molecule has 8 heteroatoms. The monoisotopic (exact) mass is 386 g/mol. The van der Waals surface area contributed by atoms with Crippen molar-refractivity contribution in [2.75, 3.05) is 0 Å². The summed E-state index contributed by atoms with van der Waals surface area (Å²) in [7, 11) is 0. The van der Waals surface area contributed by atoms with Gasteiger partial charge in [-0.1, -0.05) is 26.0 Å². The summed E-state index contributed by atoms with van der Waals surface area (Å²) < 4.78 is 27.4. The lowest BCUT2D eigenvalue weighted by Crippen LogP contribution is -2.59. The van der Waals surface area contributed by atoms with Crippen LogP contribution >= 0.6 is 12.6 Å². The second-order valence-electron chi connectivity index (χ2n) is 7.05. The number of halogens is 2. The number of rotatable bonds is 7. The first-order valence-electron chi connectivity index (χ1n) is 8.51. The van der Waals surface area contributed by atoms with Gasteiger partial charge in [-0.2, -0.15) is 12.6 Å². The molecule has 1 unspecified atom stereocenters. The number of Topliss-reactive ketones (excluding diaryl/α,β-unsaturated/α-hetero) is 1. The molecule has 26 heavy (non-hydrogen) atoms. The van der Waals surface area contributed by atoms with Gasteiger partial charge in [0, 0.05) is 24.6 Å². The molecule has 0 spiro atoms. The van der Waals surface area contributed by atoms with Crippen LogP contribution in [0.2, 0.25) is 0 Å². The molecule has 1 aliphatic rings. The maximum atomic E-state index is 14.0. The molecule has 3 N–H and O–H groups in total. The lowest BCUT2D eigenvalue weighted by Gasteiger charge is -2.32. The molecule has 0 aromatic heterocycles. The van der Waals surface area contributed by atoms with Crippen LogP contribution in [0.5, 0.6) is 0 Å². The molecule has 5 nitrogen and oxygen atoms in total. The van der Waals surface area contributed by atoms with Crippen LogP contribution in [0, 0.1) is 17.6 Å². The minimum atomic E-state index is -1.97. The van der Waals surface area contributed by atoms with E-state index in [1.165, 1.54) is 12.1 Å². The van der Waals surface area contributed by atoms with E-state index in [2.05, 4.69) is 12.6 Å². The highest BCUT2D eigenvalue weighted by Gasteiger charge is 2.46. The van der Waals surface area contributed by atoms with Gasteiger partial charge >= 0.3 is 5.97 Å². The summed E-state index contributed by atoms with van der Waals surface area (Å²) in [4.78, 5) is 26.0. The van der Waals surface area contributed by atoms with Crippen LogP contribution in [0.4, 0.5) is 8.78 Å². The predicted molar refractivity (Wildman–Crippen MR) is 96.7 cm³/mol. The number of nitrogens with two attached hydrogens (primary N) is 1. The van der Waals surface area contributed by atoms with Gasteiger partial charge in [0.15, 0.2) is 23.0 Å². The van der Waals surface area contributed by atoms with Gasteiger partial charge in [0.1, 0.15) is 0 Å². The Morgan fingerprint density at radius 1 is 1.38 bits per heavy atom. The number of nitrogens with zero attached hydrogens (tertiary/aromatic N) is 1. The molecule has 0 bridgehead atoms. The van der Waals surface area contributed by atoms with E-state index in [4.69, 9.17) is 5.73 Å². The van der Waals surface area contributed by atoms with E-state index in [1.807, 2.05) is 0 Å². The fraction of sp³-hybridized carbons (Fsp3) is 0.556. The van der Waals surface area contributed by atoms with E-state index < -0.39 is 34.8 Å². The third-order valence-electron chi connectivity index (χ3n) is 5.14. The number of thiol groups is 1. The van der Waals surface area contributed by atoms with Crippen LogP contribution in [0.3, 0.4) is 0 Å². The number of benzene rings is 1. The first-order chi connectivity index (χ1) is 12.1. The summed E-state index contributed by atoms with van der Waals surface area (Å²) in [5.74, 6) is -4.37. The van der Waals surface area contributed by atoms with Crippen molar-refractivity contribution in [1.29, 1.82) is 0 Å². The molecule has 1 aliphatic heterocycles. The highest BCUT2D eigenvalue weighted by atomic mass is 32.1. The third kappa shape index (κ3) is 3.92. The molecular weight excluding hydrogens is 362 g/mol. The van der Waals surface area contributed by atoms with E-state index in [9.17, 15) is 23.5 Å². The van der Waals surface area contributed by atoms with E-state index in [1.54, 1.807) is 18.7 Å². The summed E-state index contributed by atoms with van der Waals surface area (Å²) in [5.41, 5.74) is 4.09. The summed E-state index contributed by atoms with van der Waals surface area (Å²) in [6.07, 6.45) is 1.18. The molecule has 0 amide bonds. The minimum Gasteiger partial charge on any atom is -0.480 e. The summed E-state index contributed by atoms with van der Waals surface area (Å²) in [6, 6.07) is 3.62. The van der Waals surface area contributed by atoms with Crippen molar-refractivity contribution in [2.45, 2.75) is 56.6 Å². The van der Waals surface area contributed by atoms with Gasteiger partial charge in [0.05, 0.1) is 5.37 Å². The normalized spacial score (nSPS) is 23.2. The maximum Gasteiger partial charge on any atom is 0.331 e. The van der Waals surface area contributed by atoms with Gasteiger partial charge in [0.2, 0.25) is 0 Å². The van der Waals surface area contributed by atoms with Crippen molar-refractivity contribution in [3.05, 3.63) is 35.4 Å². The van der Waals surface area contributed by atoms with Gasteiger partial charge in [-0.05, 0) is 24.8 Å². The zero-order valence-corrected chi connectivity index (χ0v) is 15.7. The van der Waals surface area contributed by atoms with Crippen molar-refractivity contribution in [3.63, 3.8) is 0 Å². The molecule has 2 rings (SSSR count). The number of carbonyl (C=O) groups is 2. The zero-order valence-electron chi connectivity index (χ0n) is 14.8. The molecular formula is C18H24F2N2O3S. The first kappa shape index (κ1) is 20.8. The molecule has 1 saturated heterocycles. The predicted octanol–water partition coefficient (Wildman–Crippen LogP) is 2.58. The van der Waals surface area contributed by atoms with E-state index in [0.29, 0.717) is 12.8 Å². The van der Waals surface area contributed by atoms with E-state index in [0.717, 1.165) is 6.07 Å². The molecule has 144 valence electrons. The fourth-order valence-electron chi connectivity index (χ4n) is 3.31. The molecule has 3 atom stereocenters. The number of hydrogen-bond donors (Lipinski definition) is 3. The second kappa shape index (κ2) is 8.02. The highest BCUT2D eigenvalue weighted by Crippen LogP contribution is 2.32. The Labute approximate surface area is 157 Å². The van der Waals surface area contributed by atoms with E-state index in [-0.39, 0.29) is 29.9 Å². The average Bonchev–Trinajstić information content (AvgIpc) is 2.90. The Morgan fingerprint density at radius 3 is 2.62 bits per heavy atom. The fourth-order valence-corrected chi connectivity index (χ4v) is 3.73. The number of hydrogen-bond acceptors (Lipinski definition) is 5. The average molecular weight is 386 g/mol. The topological polar surface area (TPSA) is 83.6 Å². The van der Waals surface area contributed by atoms with Gasteiger partial charge in [-0.25, -0.2) is 13.6 Å². The zero-order chi connectivity index (χ0) is 19.6. The van der Waals surface area contributed by atoms with Gasteiger partial charge < -0.3 is 10.8 Å². The molecule has 1 aromatic carbocycles. The Kier molecular flexibility index (Phi) is 6.42. The lowest BCUT2D eigenvalue weighted by atomic mass is 9.81. The van der Waals surface area contributed by atoms with Crippen LogP contribution in [-0.2, 0) is 16.1 Å². The molecule has 0 radical (unpaired) electrons. The molecule has 1 fully saturated rings. The number of carboxylic acids is 1. The van der Waals surface area contributed by atoms with Crippen molar-refractivity contribution in [2.24, 2.45) is 11.7 Å². The number of ketones is 1. The maximum absolute atomic E-state index is 14.0. The first-order valence-corrected chi connectivity index (χ1v) is 9.02. The van der Waals surface area contributed by atoms with Crippen LogP contribution < -0.4 is 5.73 Å². The number of aliphatic carboxylic acids is 1. The van der Waals surface area contributed by atoms with Crippen LogP contribution in [0.1, 0.15) is 38.7 Å². The summed E-state index contributed by atoms with van der Waals surface area (Å²) >= 11 is 4.46. The van der Waals surface area contributed by atoms with Crippen LogP contribution in [0.25, 0.3) is 0 Å². The smallest absolute Gasteiger partial charge is 0.331 e. The van der Waals surface area contributed by atoms with Crippen LogP contribution in [-0.4, -0.2) is 38.7 Å². The van der Waals surface area contributed by atoms with Gasteiger partial charge in [0.25, 0.3) is 0 Å². The summed E-state index contributed by atoms with van der Waals surface area (Å²) in [5, 5.41) is 9.17. The Bertz CT molecular complexity index is 701. The third-order valence-corrected chi connectivity index (χ3v) is 5.70. The van der Waals surface area contributed by atoms with Crippen molar-refractivity contribution >= 4 is 24.4 Å². The van der Waals surface area contributed by atoms with Crippen molar-refractivity contribution < 1.29 is 23.5 Å². The van der Waals surface area contributed by atoms with E-state index >= 15 is 0 Å². The molecule has 1 aromatic rings. The number of carboxylic acid groups (broad SMARTS) is 1. The van der Waals surface area contributed by atoms with Gasteiger partial charge in [-0.15, -0.1) is 0 Å². The number of carbonyl (C=O) groups excluding carboxylic acids is 1. The van der Waals surface area contributed by atoms with Crippen molar-refractivity contribution in [3.8, 4) is 0 Å². The summed E-state index contributed by atoms with van der Waals surface area (Å²) in [6.45, 7) is 3.26.